The van der Waals surface area contributed by atoms with E-state index in [4.69, 9.17) is 17.3 Å². The Bertz CT molecular complexity index is 501. The van der Waals surface area contributed by atoms with Gasteiger partial charge in [-0.15, -0.1) is 0 Å². The van der Waals surface area contributed by atoms with Crippen molar-refractivity contribution in [2.24, 2.45) is 0 Å². The van der Waals surface area contributed by atoms with Gasteiger partial charge in [-0.2, -0.15) is 8.78 Å². The summed E-state index contributed by atoms with van der Waals surface area (Å²) in [7, 11) is 1.24. The van der Waals surface area contributed by atoms with Crippen molar-refractivity contribution in [2.75, 3.05) is 5.73 Å². The molecule has 0 saturated carbocycles. The van der Waals surface area contributed by atoms with Crippen LogP contribution in [-0.2, 0) is 4.79 Å². The molecule has 1 rings (SSSR count). The van der Waals surface area contributed by atoms with Crippen LogP contribution >= 0.6 is 20.8 Å². The molecule has 0 bridgehead atoms. The van der Waals surface area contributed by atoms with Crippen LogP contribution in [0.25, 0.3) is 6.08 Å². The van der Waals surface area contributed by atoms with Gasteiger partial charge < -0.3 is 10.5 Å². The zero-order valence-corrected chi connectivity index (χ0v) is 11.3. The Morgan fingerprint density at radius 2 is 2.17 bits per heavy atom. The highest BCUT2D eigenvalue weighted by Crippen LogP contribution is 2.35. The molecule has 0 aromatic heterocycles. The number of carbonyl (C=O) groups excluding carboxylic acids is 1. The fourth-order valence-electron chi connectivity index (χ4n) is 1.16. The Morgan fingerprint density at radius 1 is 1.56 bits per heavy atom. The van der Waals surface area contributed by atoms with E-state index in [9.17, 15) is 13.6 Å². The summed E-state index contributed by atoms with van der Waals surface area (Å²) in [5.74, 6) is -3.83. The molecule has 0 aliphatic carbocycles. The number of rotatable bonds is 4. The fourth-order valence-corrected chi connectivity index (χ4v) is 1.50. The van der Waals surface area contributed by atoms with Crippen LogP contribution in [0.2, 0.25) is 5.02 Å². The highest BCUT2D eigenvalue weighted by atomic mass is 35.5. The molecule has 3 nitrogen and oxygen atoms in total. The van der Waals surface area contributed by atoms with E-state index in [1.807, 2.05) is 0 Å². The number of nitrogens with two attached hydrogens (primary N) is 1. The first-order valence-electron chi connectivity index (χ1n) is 4.82. The minimum atomic E-state index is -3.43. The van der Waals surface area contributed by atoms with E-state index < -0.39 is 5.85 Å². The van der Waals surface area contributed by atoms with E-state index in [0.29, 0.717) is 5.56 Å². The SMILES string of the molecule is CC(=O)/C=C/c1cc(OC(F)(F)P)c(Cl)cc1N. The lowest BCUT2D eigenvalue weighted by Gasteiger charge is -2.15. The van der Waals surface area contributed by atoms with E-state index in [1.165, 1.54) is 40.4 Å². The van der Waals surface area contributed by atoms with Crippen LogP contribution in [-0.4, -0.2) is 11.6 Å². The summed E-state index contributed by atoms with van der Waals surface area (Å²) < 4.78 is 29.8. The first-order valence-corrected chi connectivity index (χ1v) is 5.78. The second-order valence-corrected chi connectivity index (χ2v) is 4.60. The lowest BCUT2D eigenvalue weighted by atomic mass is 10.1. The van der Waals surface area contributed by atoms with Gasteiger partial charge in [-0.25, -0.2) is 0 Å². The van der Waals surface area contributed by atoms with Crippen molar-refractivity contribution in [1.29, 1.82) is 0 Å². The molecule has 1 aromatic carbocycles. The number of ketones is 1. The lowest BCUT2D eigenvalue weighted by Crippen LogP contribution is -2.15. The monoisotopic (exact) mass is 293 g/mol. The third-order valence-corrected chi connectivity index (χ3v) is 2.29. The molecule has 1 unspecified atom stereocenters. The smallest absolute Gasteiger partial charge is 0.408 e. The van der Waals surface area contributed by atoms with Crippen molar-refractivity contribution in [3.05, 3.63) is 28.8 Å². The van der Waals surface area contributed by atoms with Crippen LogP contribution in [0.4, 0.5) is 14.5 Å². The molecular formula is C11H11ClF2NO2P. The number of nitrogen functional groups attached to an aromatic ring is 1. The van der Waals surface area contributed by atoms with Crippen molar-refractivity contribution in [1.82, 2.24) is 0 Å². The summed E-state index contributed by atoms with van der Waals surface area (Å²) in [4.78, 5) is 10.8. The van der Waals surface area contributed by atoms with Crippen molar-refractivity contribution >= 4 is 38.4 Å². The van der Waals surface area contributed by atoms with E-state index in [0.717, 1.165) is 0 Å². The number of hydrogen-bond donors (Lipinski definition) is 1. The largest absolute Gasteiger partial charge is 0.428 e. The summed E-state index contributed by atoms with van der Waals surface area (Å²) in [5.41, 5.74) is 6.28. The maximum Gasteiger partial charge on any atom is 0.408 e. The van der Waals surface area contributed by atoms with Crippen molar-refractivity contribution in [2.45, 2.75) is 12.8 Å². The number of ether oxygens (including phenoxy) is 1. The summed E-state index contributed by atoms with van der Waals surface area (Å²) >= 11 is 5.73. The number of allylic oxidation sites excluding steroid dienone is 1. The molecule has 98 valence electrons. The van der Waals surface area contributed by atoms with Crippen LogP contribution < -0.4 is 10.5 Å². The van der Waals surface area contributed by atoms with E-state index in [1.54, 1.807) is 0 Å². The normalized spacial score (nSPS) is 11.8. The Labute approximate surface area is 110 Å². The predicted molar refractivity (Wildman–Crippen MR) is 70.9 cm³/mol. The zero-order valence-electron chi connectivity index (χ0n) is 9.41. The molecule has 0 saturated heterocycles. The predicted octanol–water partition coefficient (Wildman–Crippen LogP) is 3.33. The summed E-state index contributed by atoms with van der Waals surface area (Å²) in [6.07, 6.45) is 2.67. The Kier molecular flexibility index (Phi) is 4.65. The van der Waals surface area contributed by atoms with Gasteiger partial charge in [0.1, 0.15) is 5.75 Å². The second-order valence-electron chi connectivity index (χ2n) is 3.52. The number of halogens is 3. The first kappa shape index (κ1) is 14.9. The van der Waals surface area contributed by atoms with Gasteiger partial charge in [-0.3, -0.25) is 4.79 Å². The summed E-state index contributed by atoms with van der Waals surface area (Å²) in [6.45, 7) is 1.36. The third kappa shape index (κ3) is 4.59. The van der Waals surface area contributed by atoms with E-state index in [-0.39, 0.29) is 22.2 Å². The van der Waals surface area contributed by atoms with Crippen molar-refractivity contribution < 1.29 is 18.3 Å². The third-order valence-electron chi connectivity index (χ3n) is 1.88. The number of alkyl halides is 2. The molecule has 0 radical (unpaired) electrons. The summed E-state index contributed by atoms with van der Waals surface area (Å²) in [6, 6.07) is 2.53. The minimum absolute atomic E-state index is 0.0328. The van der Waals surface area contributed by atoms with E-state index >= 15 is 0 Å². The number of carbonyl (C=O) groups is 1. The minimum Gasteiger partial charge on any atom is -0.428 e. The van der Waals surface area contributed by atoms with Gasteiger partial charge in [0.25, 0.3) is 0 Å². The van der Waals surface area contributed by atoms with Crippen LogP contribution in [0.5, 0.6) is 5.75 Å². The molecule has 0 heterocycles. The maximum atomic E-state index is 12.7. The van der Waals surface area contributed by atoms with Gasteiger partial charge in [0, 0.05) is 11.3 Å². The molecule has 2 N–H and O–H groups in total. The number of anilines is 1. The topological polar surface area (TPSA) is 52.3 Å². The molecule has 0 spiro atoms. The van der Waals surface area contributed by atoms with Gasteiger partial charge >= 0.3 is 5.85 Å². The van der Waals surface area contributed by atoms with Gasteiger partial charge in [0.15, 0.2) is 5.78 Å². The zero-order chi connectivity index (χ0) is 13.9. The van der Waals surface area contributed by atoms with Gasteiger partial charge in [-0.05, 0) is 40.4 Å². The molecule has 0 aliphatic heterocycles. The molecule has 18 heavy (non-hydrogen) atoms. The standard InChI is InChI=1S/C11H11ClF2NO2P/c1-6(16)2-3-7-4-10(17-11(13,14)18)8(12)5-9(7)15/h2-5H,15,18H2,1H3/b3-2+. The molecule has 0 aliphatic rings. The quantitative estimate of drug-likeness (QED) is 0.526. The average Bonchev–Trinajstić information content (AvgIpc) is 2.18. The second kappa shape index (κ2) is 5.63. The number of benzene rings is 1. The number of hydrogen-bond acceptors (Lipinski definition) is 3. The molecule has 7 heteroatoms. The summed E-state index contributed by atoms with van der Waals surface area (Å²) in [5, 5.41) is -0.0328. The van der Waals surface area contributed by atoms with Crippen LogP contribution in [0, 0.1) is 0 Å². The molecule has 0 fully saturated rings. The highest BCUT2D eigenvalue weighted by molar-refractivity contribution is 7.17. The fraction of sp³-hybridized carbons (Fsp3) is 0.182. The van der Waals surface area contributed by atoms with Gasteiger partial charge in [0.2, 0.25) is 0 Å². The Balaban J connectivity index is 3.14. The van der Waals surface area contributed by atoms with E-state index in [2.05, 4.69) is 4.74 Å². The van der Waals surface area contributed by atoms with Crippen LogP contribution in [0.3, 0.4) is 0 Å². The van der Waals surface area contributed by atoms with Crippen molar-refractivity contribution in [3.63, 3.8) is 0 Å². The molecule has 1 aromatic rings. The maximum absolute atomic E-state index is 12.7. The average molecular weight is 294 g/mol. The molecular weight excluding hydrogens is 283 g/mol. The van der Waals surface area contributed by atoms with Crippen LogP contribution in [0.15, 0.2) is 18.2 Å². The molecule has 0 amide bonds. The lowest BCUT2D eigenvalue weighted by molar-refractivity contribution is -0.112. The Hall–Kier alpha value is -1.19. The highest BCUT2D eigenvalue weighted by Gasteiger charge is 2.25. The first-order chi connectivity index (χ1) is 8.19. The molecule has 1 atom stereocenters. The van der Waals surface area contributed by atoms with Gasteiger partial charge in [-0.1, -0.05) is 11.6 Å². The van der Waals surface area contributed by atoms with Gasteiger partial charge in [0.05, 0.1) is 5.02 Å². The Morgan fingerprint density at radius 3 is 2.67 bits per heavy atom. The van der Waals surface area contributed by atoms with Crippen molar-refractivity contribution in [3.8, 4) is 5.75 Å². The van der Waals surface area contributed by atoms with Crippen LogP contribution in [0.1, 0.15) is 12.5 Å².